The van der Waals surface area contributed by atoms with Crippen molar-refractivity contribution in [3.8, 4) is 0 Å². The van der Waals surface area contributed by atoms with Crippen LogP contribution in [-0.2, 0) is 4.74 Å². The summed E-state index contributed by atoms with van der Waals surface area (Å²) in [6.07, 6.45) is 4.89. The smallest absolute Gasteiger partial charge is 0.338 e. The van der Waals surface area contributed by atoms with E-state index in [1.807, 2.05) is 13.0 Å². The van der Waals surface area contributed by atoms with E-state index >= 15 is 0 Å². The van der Waals surface area contributed by atoms with E-state index in [2.05, 4.69) is 5.32 Å². The summed E-state index contributed by atoms with van der Waals surface area (Å²) in [5.74, 6) is -0.343. The van der Waals surface area contributed by atoms with Gasteiger partial charge in [0.05, 0.1) is 12.7 Å². The van der Waals surface area contributed by atoms with Crippen molar-refractivity contribution in [2.75, 3.05) is 12.4 Å². The Kier molecular flexibility index (Phi) is 4.12. The minimum atomic E-state index is -0.343. The van der Waals surface area contributed by atoms with Gasteiger partial charge in [-0.05, 0) is 37.5 Å². The number of esters is 1. The Labute approximate surface area is 112 Å². The number of hydrogen-bond acceptors (Lipinski definition) is 3. The maximum Gasteiger partial charge on any atom is 0.338 e. The number of carbonyl (C=O) groups is 1. The molecule has 0 atom stereocenters. The highest BCUT2D eigenvalue weighted by atomic mass is 35.5. The number of ether oxygens (including phenoxy) is 1. The van der Waals surface area contributed by atoms with Crippen LogP contribution in [0.4, 0.5) is 5.69 Å². The predicted octanol–water partition coefficient (Wildman–Crippen LogP) is 3.79. The van der Waals surface area contributed by atoms with Crippen LogP contribution in [0.25, 0.3) is 0 Å². The molecular formula is C14H18ClNO2. The lowest BCUT2D eigenvalue weighted by atomic mass is 10.1. The first kappa shape index (κ1) is 13.2. The summed E-state index contributed by atoms with van der Waals surface area (Å²) in [6.45, 7) is 1.92. The summed E-state index contributed by atoms with van der Waals surface area (Å²) < 4.78 is 4.77. The van der Waals surface area contributed by atoms with E-state index in [4.69, 9.17) is 16.3 Å². The maximum atomic E-state index is 11.7. The van der Waals surface area contributed by atoms with Crippen molar-refractivity contribution >= 4 is 23.3 Å². The molecule has 98 valence electrons. The molecule has 1 aliphatic rings. The van der Waals surface area contributed by atoms with Crippen LogP contribution in [0.2, 0.25) is 5.02 Å². The van der Waals surface area contributed by atoms with Crippen LogP contribution >= 0.6 is 11.6 Å². The van der Waals surface area contributed by atoms with E-state index < -0.39 is 0 Å². The molecule has 0 unspecified atom stereocenters. The lowest BCUT2D eigenvalue weighted by Gasteiger charge is -2.17. The van der Waals surface area contributed by atoms with Crippen molar-refractivity contribution in [3.63, 3.8) is 0 Å². The number of nitrogens with one attached hydrogen (secondary N) is 1. The molecule has 0 heterocycles. The molecule has 1 fully saturated rings. The highest BCUT2D eigenvalue weighted by Crippen LogP contribution is 2.29. The van der Waals surface area contributed by atoms with Gasteiger partial charge in [0.1, 0.15) is 0 Å². The summed E-state index contributed by atoms with van der Waals surface area (Å²) >= 11 is 6.06. The number of methoxy groups -OCH3 is 1. The van der Waals surface area contributed by atoms with Crippen LogP contribution in [-0.4, -0.2) is 19.1 Å². The average Bonchev–Trinajstić information content (AvgIpc) is 2.85. The fourth-order valence-corrected chi connectivity index (χ4v) is 2.66. The average molecular weight is 268 g/mol. The van der Waals surface area contributed by atoms with Crippen LogP contribution in [0.5, 0.6) is 0 Å². The molecule has 18 heavy (non-hydrogen) atoms. The SMILES string of the molecule is COC(=O)c1cc(Cl)cc(NC2CCCC2)c1C. The molecule has 0 bridgehead atoms. The molecule has 0 radical (unpaired) electrons. The normalized spacial score (nSPS) is 15.7. The van der Waals surface area contributed by atoms with Crippen molar-refractivity contribution in [2.45, 2.75) is 38.6 Å². The van der Waals surface area contributed by atoms with E-state index in [9.17, 15) is 4.79 Å². The fraction of sp³-hybridized carbons (Fsp3) is 0.500. The van der Waals surface area contributed by atoms with Crippen LogP contribution < -0.4 is 5.32 Å². The summed E-state index contributed by atoms with van der Waals surface area (Å²) in [5, 5.41) is 4.03. The van der Waals surface area contributed by atoms with Crippen molar-refractivity contribution in [1.82, 2.24) is 0 Å². The van der Waals surface area contributed by atoms with Gasteiger partial charge in [0.15, 0.2) is 0 Å². The first-order valence-electron chi connectivity index (χ1n) is 6.27. The molecule has 1 aromatic carbocycles. The quantitative estimate of drug-likeness (QED) is 0.847. The highest BCUT2D eigenvalue weighted by molar-refractivity contribution is 6.31. The molecule has 1 aliphatic carbocycles. The van der Waals surface area contributed by atoms with E-state index in [-0.39, 0.29) is 5.97 Å². The summed E-state index contributed by atoms with van der Waals surface area (Å²) in [4.78, 5) is 11.7. The third kappa shape index (κ3) is 2.78. The van der Waals surface area contributed by atoms with E-state index in [0.29, 0.717) is 16.6 Å². The molecule has 0 saturated heterocycles. The Hall–Kier alpha value is -1.22. The fourth-order valence-electron chi connectivity index (χ4n) is 2.44. The topological polar surface area (TPSA) is 38.3 Å². The Morgan fingerprint density at radius 3 is 2.67 bits per heavy atom. The molecule has 3 nitrogen and oxygen atoms in total. The van der Waals surface area contributed by atoms with Crippen LogP contribution in [0.3, 0.4) is 0 Å². The number of halogens is 1. The Morgan fingerprint density at radius 2 is 2.06 bits per heavy atom. The van der Waals surface area contributed by atoms with Crippen LogP contribution in [0, 0.1) is 6.92 Å². The Bertz CT molecular complexity index is 453. The maximum absolute atomic E-state index is 11.7. The molecule has 0 aromatic heterocycles. The third-order valence-electron chi connectivity index (χ3n) is 3.49. The number of hydrogen-bond donors (Lipinski definition) is 1. The molecule has 1 N–H and O–H groups in total. The van der Waals surface area contributed by atoms with E-state index in [0.717, 1.165) is 11.3 Å². The molecule has 0 aliphatic heterocycles. The first-order valence-corrected chi connectivity index (χ1v) is 6.64. The number of anilines is 1. The van der Waals surface area contributed by atoms with Crippen LogP contribution in [0.1, 0.15) is 41.6 Å². The Morgan fingerprint density at radius 1 is 1.39 bits per heavy atom. The summed E-state index contributed by atoms with van der Waals surface area (Å²) in [5.41, 5.74) is 2.37. The van der Waals surface area contributed by atoms with Crippen LogP contribution in [0.15, 0.2) is 12.1 Å². The van der Waals surface area contributed by atoms with Gasteiger partial charge in [-0.1, -0.05) is 24.4 Å². The second-order valence-electron chi connectivity index (χ2n) is 4.74. The standard InChI is InChI=1S/C14H18ClNO2/c1-9-12(14(17)18-2)7-10(15)8-13(9)16-11-5-3-4-6-11/h7-8,11,16H,3-6H2,1-2H3. The molecule has 1 aromatic rings. The van der Waals surface area contributed by atoms with Gasteiger partial charge in [0.25, 0.3) is 0 Å². The highest BCUT2D eigenvalue weighted by Gasteiger charge is 2.18. The zero-order valence-electron chi connectivity index (χ0n) is 10.8. The van der Waals surface area contributed by atoms with E-state index in [1.165, 1.54) is 32.8 Å². The van der Waals surface area contributed by atoms with Crippen molar-refractivity contribution < 1.29 is 9.53 Å². The van der Waals surface area contributed by atoms with Gasteiger partial charge < -0.3 is 10.1 Å². The minimum absolute atomic E-state index is 0.343. The van der Waals surface area contributed by atoms with Gasteiger partial charge in [-0.25, -0.2) is 4.79 Å². The molecule has 2 rings (SSSR count). The predicted molar refractivity (Wildman–Crippen MR) is 73.4 cm³/mol. The van der Waals surface area contributed by atoms with Gasteiger partial charge in [-0.15, -0.1) is 0 Å². The zero-order chi connectivity index (χ0) is 13.1. The number of carbonyl (C=O) groups excluding carboxylic acids is 1. The monoisotopic (exact) mass is 267 g/mol. The molecule has 1 saturated carbocycles. The molecular weight excluding hydrogens is 250 g/mol. The van der Waals surface area contributed by atoms with Gasteiger partial charge in [0.2, 0.25) is 0 Å². The minimum Gasteiger partial charge on any atom is -0.465 e. The zero-order valence-corrected chi connectivity index (χ0v) is 11.5. The lowest BCUT2D eigenvalue weighted by Crippen LogP contribution is -2.16. The number of rotatable bonds is 3. The van der Waals surface area contributed by atoms with Gasteiger partial charge in [0, 0.05) is 16.8 Å². The van der Waals surface area contributed by atoms with Gasteiger partial charge >= 0.3 is 5.97 Å². The first-order chi connectivity index (χ1) is 8.61. The largest absolute Gasteiger partial charge is 0.465 e. The molecule has 0 spiro atoms. The lowest BCUT2D eigenvalue weighted by molar-refractivity contribution is 0.0600. The molecule has 0 amide bonds. The molecule has 4 heteroatoms. The number of benzene rings is 1. The van der Waals surface area contributed by atoms with Crippen molar-refractivity contribution in [2.24, 2.45) is 0 Å². The van der Waals surface area contributed by atoms with E-state index in [1.54, 1.807) is 6.07 Å². The van der Waals surface area contributed by atoms with Crippen molar-refractivity contribution in [3.05, 3.63) is 28.3 Å². The summed E-state index contributed by atoms with van der Waals surface area (Å²) in [6, 6.07) is 4.03. The summed E-state index contributed by atoms with van der Waals surface area (Å²) in [7, 11) is 1.38. The van der Waals surface area contributed by atoms with Crippen molar-refractivity contribution in [1.29, 1.82) is 0 Å². The second kappa shape index (κ2) is 5.61. The van der Waals surface area contributed by atoms with Gasteiger partial charge in [-0.3, -0.25) is 0 Å². The second-order valence-corrected chi connectivity index (χ2v) is 5.18. The Balaban J connectivity index is 2.28. The van der Waals surface area contributed by atoms with Gasteiger partial charge in [-0.2, -0.15) is 0 Å². The third-order valence-corrected chi connectivity index (χ3v) is 3.71.